The third-order valence-corrected chi connectivity index (χ3v) is 8.00. The van der Waals surface area contributed by atoms with Crippen molar-refractivity contribution in [2.75, 3.05) is 27.0 Å². The van der Waals surface area contributed by atoms with Gasteiger partial charge in [-0.1, -0.05) is 62.4 Å². The molecule has 2 aliphatic rings. The molecule has 1 saturated heterocycles. The molecule has 3 aromatic carbocycles. The third kappa shape index (κ3) is 8.94. The SMILES string of the molecule is COc1ccc([C@H]2[C@H](C(=O)O)[C@@H](c3ccc4c(c3)OCO4)CN2CC(=O)NC(CC(C)C)c2ccccc2)cc1.O=C(O)C(F)(F)F. The number of hydrogen-bond donors (Lipinski definition) is 3. The predicted octanol–water partition coefficient (Wildman–Crippen LogP) is 5.80. The van der Waals surface area contributed by atoms with E-state index in [4.69, 9.17) is 24.1 Å². The lowest BCUT2D eigenvalue weighted by atomic mass is 9.82. The van der Waals surface area contributed by atoms with E-state index in [0.29, 0.717) is 29.7 Å². The van der Waals surface area contributed by atoms with E-state index < -0.39 is 30.1 Å². The van der Waals surface area contributed by atoms with Crippen LogP contribution in [0.15, 0.2) is 72.8 Å². The van der Waals surface area contributed by atoms with Crippen LogP contribution in [0.1, 0.15) is 55.0 Å². The molecule has 252 valence electrons. The van der Waals surface area contributed by atoms with Crippen molar-refractivity contribution in [1.29, 1.82) is 0 Å². The highest BCUT2D eigenvalue weighted by Crippen LogP contribution is 2.47. The van der Waals surface area contributed by atoms with Gasteiger partial charge in [-0.15, -0.1) is 0 Å². The molecular formula is C34H37F3N2O8. The van der Waals surface area contributed by atoms with Crippen LogP contribution in [0.2, 0.25) is 0 Å². The van der Waals surface area contributed by atoms with Crippen LogP contribution < -0.4 is 19.5 Å². The Balaban J connectivity index is 0.000000644. The lowest BCUT2D eigenvalue weighted by Crippen LogP contribution is -2.40. The number of halogens is 3. The lowest BCUT2D eigenvalue weighted by Gasteiger charge is -2.28. The number of amides is 1. The Hall–Kier alpha value is -4.78. The topological polar surface area (TPSA) is 135 Å². The summed E-state index contributed by atoms with van der Waals surface area (Å²) in [5.74, 6) is -2.60. The maximum atomic E-state index is 13.6. The van der Waals surface area contributed by atoms with E-state index in [1.807, 2.05) is 77.7 Å². The highest BCUT2D eigenvalue weighted by atomic mass is 19.4. The summed E-state index contributed by atoms with van der Waals surface area (Å²) in [5, 5.41) is 20.9. The summed E-state index contributed by atoms with van der Waals surface area (Å²) in [7, 11) is 1.59. The second kappa shape index (κ2) is 15.2. The summed E-state index contributed by atoms with van der Waals surface area (Å²) >= 11 is 0. The number of aliphatic carboxylic acids is 2. The largest absolute Gasteiger partial charge is 0.497 e. The van der Waals surface area contributed by atoms with Crippen molar-refractivity contribution in [3.05, 3.63) is 89.5 Å². The zero-order valence-electron chi connectivity index (χ0n) is 26.1. The summed E-state index contributed by atoms with van der Waals surface area (Å²) in [5.41, 5.74) is 2.73. The van der Waals surface area contributed by atoms with Crippen LogP contribution in [0, 0.1) is 11.8 Å². The maximum absolute atomic E-state index is 13.6. The average molecular weight is 659 g/mol. The first-order valence-electron chi connectivity index (χ1n) is 14.9. The normalized spacial score (nSPS) is 19.4. The number of nitrogens with one attached hydrogen (secondary N) is 1. The molecule has 0 aromatic heterocycles. The van der Waals surface area contributed by atoms with Gasteiger partial charge in [-0.2, -0.15) is 13.2 Å². The van der Waals surface area contributed by atoms with Gasteiger partial charge in [0.1, 0.15) is 5.75 Å². The van der Waals surface area contributed by atoms with Gasteiger partial charge in [0.05, 0.1) is 25.6 Å². The molecule has 47 heavy (non-hydrogen) atoms. The molecule has 3 aromatic rings. The number of likely N-dealkylation sites (tertiary alicyclic amines) is 1. The molecule has 3 N–H and O–H groups in total. The lowest BCUT2D eigenvalue weighted by molar-refractivity contribution is -0.192. The molecule has 0 spiro atoms. The number of hydrogen-bond acceptors (Lipinski definition) is 7. The van der Waals surface area contributed by atoms with Gasteiger partial charge < -0.3 is 29.7 Å². The maximum Gasteiger partial charge on any atom is 0.490 e. The molecule has 1 amide bonds. The number of carbonyl (C=O) groups is 3. The third-order valence-electron chi connectivity index (χ3n) is 8.00. The molecule has 0 bridgehead atoms. The number of carboxylic acid groups (broad SMARTS) is 2. The van der Waals surface area contributed by atoms with E-state index in [0.717, 1.165) is 23.1 Å². The van der Waals surface area contributed by atoms with Gasteiger partial charge in [0, 0.05) is 18.5 Å². The minimum Gasteiger partial charge on any atom is -0.497 e. The van der Waals surface area contributed by atoms with Crippen molar-refractivity contribution in [2.45, 2.75) is 44.4 Å². The summed E-state index contributed by atoms with van der Waals surface area (Å²) in [6, 6.07) is 22.3. The molecule has 4 atom stereocenters. The summed E-state index contributed by atoms with van der Waals surface area (Å²) in [6.45, 7) is 4.89. The van der Waals surface area contributed by atoms with Crippen molar-refractivity contribution < 1.29 is 52.0 Å². The number of carboxylic acids is 2. The molecule has 0 saturated carbocycles. The smallest absolute Gasteiger partial charge is 0.490 e. The van der Waals surface area contributed by atoms with Crippen molar-refractivity contribution >= 4 is 17.8 Å². The summed E-state index contributed by atoms with van der Waals surface area (Å²) in [6.07, 6.45) is -4.28. The number of methoxy groups -OCH3 is 1. The quantitative estimate of drug-likeness (QED) is 0.247. The van der Waals surface area contributed by atoms with Gasteiger partial charge >= 0.3 is 18.1 Å². The number of fused-ring (bicyclic) bond motifs is 1. The van der Waals surface area contributed by atoms with Crippen molar-refractivity contribution in [3.63, 3.8) is 0 Å². The van der Waals surface area contributed by atoms with Crippen LogP contribution in [0.5, 0.6) is 17.2 Å². The number of alkyl halides is 3. The van der Waals surface area contributed by atoms with Crippen LogP contribution in [0.3, 0.4) is 0 Å². The first-order chi connectivity index (χ1) is 22.3. The van der Waals surface area contributed by atoms with Gasteiger partial charge in [-0.3, -0.25) is 14.5 Å². The molecule has 10 nitrogen and oxygen atoms in total. The minimum atomic E-state index is -5.08. The van der Waals surface area contributed by atoms with Crippen molar-refractivity contribution in [3.8, 4) is 17.2 Å². The number of nitrogens with zero attached hydrogens (tertiary/aromatic N) is 1. The van der Waals surface area contributed by atoms with Gasteiger partial charge in [0.15, 0.2) is 11.5 Å². The molecule has 5 rings (SSSR count). The Bertz CT molecular complexity index is 1530. The van der Waals surface area contributed by atoms with E-state index in [1.54, 1.807) is 7.11 Å². The van der Waals surface area contributed by atoms with Gasteiger partial charge in [-0.25, -0.2) is 4.79 Å². The fourth-order valence-electron chi connectivity index (χ4n) is 5.93. The Morgan fingerprint density at radius 3 is 2.15 bits per heavy atom. The standard InChI is InChI=1S/C32H36N2O6.C2HF3O2/c1-20(2)15-26(21-7-5-4-6-8-21)33-29(35)18-34-17-25(23-11-14-27-28(16-23)40-19-39-27)30(32(36)37)31(34)22-9-12-24(38-3)13-10-22;3-2(4,5)1(6)7/h4-14,16,20,25-26,30-31H,15,17-19H2,1-3H3,(H,33,35)(H,36,37);(H,6,7)/t25-,26?,30-,31+;/m1./s1. The zero-order valence-corrected chi connectivity index (χ0v) is 26.1. The van der Waals surface area contributed by atoms with E-state index in [-0.39, 0.29) is 31.2 Å². The van der Waals surface area contributed by atoms with E-state index >= 15 is 0 Å². The van der Waals surface area contributed by atoms with Crippen LogP contribution >= 0.6 is 0 Å². The molecule has 1 unspecified atom stereocenters. The number of carbonyl (C=O) groups excluding carboxylic acids is 1. The molecular weight excluding hydrogens is 621 g/mol. The monoisotopic (exact) mass is 658 g/mol. The van der Waals surface area contributed by atoms with Gasteiger partial charge in [0.25, 0.3) is 0 Å². The highest BCUT2D eigenvalue weighted by Gasteiger charge is 2.48. The Labute approximate surface area is 270 Å². The second-order valence-electron chi connectivity index (χ2n) is 11.7. The molecule has 2 aliphatic heterocycles. The van der Waals surface area contributed by atoms with Gasteiger partial charge in [-0.05, 0) is 53.3 Å². The van der Waals surface area contributed by atoms with Crippen LogP contribution in [0.4, 0.5) is 13.2 Å². The second-order valence-corrected chi connectivity index (χ2v) is 11.7. The van der Waals surface area contributed by atoms with E-state index in [1.165, 1.54) is 0 Å². The van der Waals surface area contributed by atoms with Crippen LogP contribution in [-0.4, -0.2) is 66.1 Å². The van der Waals surface area contributed by atoms with E-state index in [2.05, 4.69) is 19.2 Å². The van der Waals surface area contributed by atoms with Crippen LogP contribution in [-0.2, 0) is 14.4 Å². The Kier molecular flexibility index (Phi) is 11.3. The van der Waals surface area contributed by atoms with Crippen LogP contribution in [0.25, 0.3) is 0 Å². The number of benzene rings is 3. The number of rotatable bonds is 10. The number of ether oxygens (including phenoxy) is 3. The Morgan fingerprint density at radius 2 is 1.57 bits per heavy atom. The molecule has 0 aliphatic carbocycles. The van der Waals surface area contributed by atoms with E-state index in [9.17, 15) is 27.9 Å². The fraction of sp³-hybridized carbons (Fsp3) is 0.382. The summed E-state index contributed by atoms with van der Waals surface area (Å²) in [4.78, 5) is 37.3. The minimum absolute atomic E-state index is 0.0724. The first kappa shape index (κ1) is 35.1. The molecule has 2 heterocycles. The van der Waals surface area contributed by atoms with Crippen molar-refractivity contribution in [1.82, 2.24) is 10.2 Å². The molecule has 0 radical (unpaired) electrons. The molecule has 13 heteroatoms. The fourth-order valence-corrected chi connectivity index (χ4v) is 5.93. The average Bonchev–Trinajstić information content (AvgIpc) is 3.65. The summed E-state index contributed by atoms with van der Waals surface area (Å²) < 4.78 is 48.1. The Morgan fingerprint density at radius 1 is 0.957 bits per heavy atom. The van der Waals surface area contributed by atoms with Crippen molar-refractivity contribution in [2.24, 2.45) is 11.8 Å². The molecule has 1 fully saturated rings. The highest BCUT2D eigenvalue weighted by molar-refractivity contribution is 5.79. The first-order valence-corrected chi connectivity index (χ1v) is 14.9. The predicted molar refractivity (Wildman–Crippen MR) is 164 cm³/mol. The zero-order chi connectivity index (χ0) is 34.3. The van der Waals surface area contributed by atoms with Gasteiger partial charge in [0.2, 0.25) is 12.7 Å².